The number of hydrogen-bond donors (Lipinski definition) is 0. The van der Waals surface area contributed by atoms with E-state index >= 15 is 0 Å². The fraction of sp³-hybridized carbons (Fsp3) is 0. The van der Waals surface area contributed by atoms with Gasteiger partial charge in [0.2, 0.25) is 0 Å². The average Bonchev–Trinajstić information content (AvgIpc) is 3.55. The summed E-state index contributed by atoms with van der Waals surface area (Å²) in [5, 5.41) is 8.45. The zero-order valence-corrected chi connectivity index (χ0v) is 31.9. The Morgan fingerprint density at radius 3 is 1.71 bits per heavy atom. The smallest absolute Gasteiger partial charge is 0.183 e. The van der Waals surface area contributed by atoms with Crippen LogP contribution in [0.15, 0.2) is 222 Å². The third-order valence-electron chi connectivity index (χ3n) is 11.5. The summed E-state index contributed by atoms with van der Waals surface area (Å²) in [7, 11) is -2.53. The zero-order chi connectivity index (χ0) is 36.3. The quantitative estimate of drug-likeness (QED) is 0.162. The maximum absolute atomic E-state index is 2.53. The highest BCUT2D eigenvalue weighted by molar-refractivity contribution is 8.00. The molecule has 2 aliphatic rings. The van der Waals surface area contributed by atoms with Gasteiger partial charge in [-0.3, -0.25) is 0 Å². The molecule has 0 unspecified atom stereocenters. The van der Waals surface area contributed by atoms with Crippen LogP contribution in [0, 0.1) is 0 Å². The van der Waals surface area contributed by atoms with Crippen molar-refractivity contribution in [2.45, 2.75) is 9.79 Å². The van der Waals surface area contributed by atoms with E-state index in [-0.39, 0.29) is 0 Å². The molecule has 0 amide bonds. The number of rotatable bonds is 5. The Hall–Kier alpha value is -6.39. The molecule has 0 atom stereocenters. The number of hydrogen-bond acceptors (Lipinski definition) is 2. The summed E-state index contributed by atoms with van der Waals surface area (Å²) in [5.41, 5.74) is 11.0. The summed E-state index contributed by atoms with van der Waals surface area (Å²) in [6, 6.07) is 78.8. The fourth-order valence-corrected chi connectivity index (χ4v) is 16.5. The maximum atomic E-state index is 2.47. The summed E-state index contributed by atoms with van der Waals surface area (Å²) < 4.78 is 0. The molecule has 0 saturated carbocycles. The van der Waals surface area contributed by atoms with Crippen LogP contribution in [0.5, 0.6) is 0 Å². The van der Waals surface area contributed by atoms with Crippen molar-refractivity contribution in [3.8, 4) is 33.4 Å². The third kappa shape index (κ3) is 5.01. The largest absolute Gasteiger partial charge is 0.310 e. The first-order valence-corrected chi connectivity index (χ1v) is 21.7. The van der Waals surface area contributed by atoms with Crippen molar-refractivity contribution in [1.82, 2.24) is 0 Å². The van der Waals surface area contributed by atoms with Crippen LogP contribution in [0.3, 0.4) is 0 Å². The van der Waals surface area contributed by atoms with Gasteiger partial charge in [-0.2, -0.15) is 0 Å². The van der Waals surface area contributed by atoms with Crippen LogP contribution in [0.4, 0.5) is 17.1 Å². The first kappa shape index (κ1) is 32.1. The normalized spacial score (nSPS) is 13.2. The highest BCUT2D eigenvalue weighted by Gasteiger charge is 2.52. The molecule has 9 aromatic carbocycles. The molecule has 1 nitrogen and oxygen atoms in total. The molecule has 0 fully saturated rings. The maximum Gasteiger partial charge on any atom is 0.183 e. The highest BCUT2D eigenvalue weighted by atomic mass is 32.2. The fourth-order valence-electron chi connectivity index (χ4n) is 9.13. The first-order valence-electron chi connectivity index (χ1n) is 18.9. The number of benzene rings is 9. The standard InChI is InChI=1S/C52H35NSSi/c1-2-14-36(15-3-1)37-28-31-41(32-29-37)53(46-23-13-17-38-16-4-5-20-43(38)46)42-19-12-18-39(34-42)40-30-33-52-48(35-40)54-47-24-8-11-27-51(47)55(52)49-25-9-6-21-44(49)45-22-7-10-26-50(45)55/h1-35H. The van der Waals surface area contributed by atoms with Crippen LogP contribution in [-0.4, -0.2) is 8.07 Å². The van der Waals surface area contributed by atoms with Crippen LogP contribution in [0.1, 0.15) is 0 Å². The Kier molecular flexibility index (Phi) is 7.51. The van der Waals surface area contributed by atoms with E-state index in [0.29, 0.717) is 0 Å². The van der Waals surface area contributed by atoms with Crippen molar-refractivity contribution < 1.29 is 0 Å². The minimum absolute atomic E-state index is 1.12. The number of anilines is 3. The Morgan fingerprint density at radius 2 is 0.909 bits per heavy atom. The lowest BCUT2D eigenvalue weighted by Crippen LogP contribution is -2.74. The van der Waals surface area contributed by atoms with E-state index in [2.05, 4.69) is 217 Å². The van der Waals surface area contributed by atoms with E-state index in [9.17, 15) is 0 Å². The van der Waals surface area contributed by atoms with Gasteiger partial charge in [-0.15, -0.1) is 0 Å². The molecular weight excluding hydrogens is 699 g/mol. The molecule has 3 heteroatoms. The van der Waals surface area contributed by atoms with Gasteiger partial charge in [0.05, 0.1) is 5.69 Å². The van der Waals surface area contributed by atoms with E-state index in [0.717, 1.165) is 17.1 Å². The molecule has 9 aromatic rings. The SMILES string of the molecule is c1ccc(-c2ccc(N(c3cccc(-c4ccc5c(c4)Sc4ccccc4[Si]54c5ccccc5-c5ccccc54)c3)c3cccc4ccccc34)cc2)cc1. The van der Waals surface area contributed by atoms with Crippen LogP contribution >= 0.6 is 11.8 Å². The van der Waals surface area contributed by atoms with E-state index in [4.69, 9.17) is 0 Å². The van der Waals surface area contributed by atoms with Gasteiger partial charge in [-0.05, 0) is 102 Å². The van der Waals surface area contributed by atoms with Gasteiger partial charge >= 0.3 is 0 Å². The predicted octanol–water partition coefficient (Wildman–Crippen LogP) is 11.5. The lowest BCUT2D eigenvalue weighted by Gasteiger charge is -2.37. The van der Waals surface area contributed by atoms with E-state index in [1.165, 1.54) is 74.7 Å². The summed E-state index contributed by atoms with van der Waals surface area (Å²) in [6.45, 7) is 0. The second kappa shape index (κ2) is 12.9. The van der Waals surface area contributed by atoms with Crippen LogP contribution in [0.2, 0.25) is 0 Å². The molecule has 0 radical (unpaired) electrons. The molecule has 55 heavy (non-hydrogen) atoms. The van der Waals surface area contributed by atoms with E-state index in [1.807, 2.05) is 11.8 Å². The van der Waals surface area contributed by atoms with Crippen molar-refractivity contribution >= 4 is 68.4 Å². The Labute approximate surface area is 327 Å². The highest BCUT2D eigenvalue weighted by Crippen LogP contribution is 2.43. The average molecular weight is 734 g/mol. The topological polar surface area (TPSA) is 3.24 Å². The van der Waals surface area contributed by atoms with Gasteiger partial charge in [-0.1, -0.05) is 182 Å². The molecule has 0 N–H and O–H groups in total. The van der Waals surface area contributed by atoms with Gasteiger partial charge in [-0.25, -0.2) is 0 Å². The van der Waals surface area contributed by atoms with Crippen molar-refractivity contribution in [2.75, 3.05) is 4.90 Å². The summed E-state index contributed by atoms with van der Waals surface area (Å²) in [4.78, 5) is 5.15. The second-order valence-corrected chi connectivity index (χ2v) is 19.2. The number of nitrogens with zero attached hydrogens (tertiary/aromatic N) is 1. The van der Waals surface area contributed by atoms with Crippen molar-refractivity contribution in [2.24, 2.45) is 0 Å². The Morgan fingerprint density at radius 1 is 0.345 bits per heavy atom. The van der Waals surface area contributed by atoms with E-state index < -0.39 is 8.07 Å². The zero-order valence-electron chi connectivity index (χ0n) is 30.1. The van der Waals surface area contributed by atoms with Crippen LogP contribution in [-0.2, 0) is 0 Å². The Balaban J connectivity index is 1.06. The molecule has 0 aromatic heterocycles. The minimum Gasteiger partial charge on any atom is -0.310 e. The molecule has 258 valence electrons. The van der Waals surface area contributed by atoms with Crippen LogP contribution < -0.4 is 25.6 Å². The molecule has 2 heterocycles. The summed E-state index contributed by atoms with van der Waals surface area (Å²) >= 11 is 1.93. The molecule has 2 aliphatic heterocycles. The van der Waals surface area contributed by atoms with Gasteiger partial charge in [0, 0.05) is 26.6 Å². The van der Waals surface area contributed by atoms with Crippen molar-refractivity contribution in [1.29, 1.82) is 0 Å². The molecule has 11 rings (SSSR count). The minimum atomic E-state index is -2.53. The van der Waals surface area contributed by atoms with E-state index in [1.54, 1.807) is 0 Å². The van der Waals surface area contributed by atoms with Gasteiger partial charge in [0.1, 0.15) is 0 Å². The summed E-state index contributed by atoms with van der Waals surface area (Å²) in [6.07, 6.45) is 0. The van der Waals surface area contributed by atoms with Gasteiger partial charge < -0.3 is 4.90 Å². The monoisotopic (exact) mass is 733 g/mol. The number of fused-ring (bicyclic) bond motifs is 10. The third-order valence-corrected chi connectivity index (χ3v) is 18.0. The lowest BCUT2D eigenvalue weighted by atomic mass is 10.0. The Bertz CT molecular complexity index is 2870. The summed E-state index contributed by atoms with van der Waals surface area (Å²) in [5.74, 6) is 0. The lowest BCUT2D eigenvalue weighted by molar-refractivity contribution is 1.30. The molecule has 0 bridgehead atoms. The van der Waals surface area contributed by atoms with Gasteiger partial charge in [0.15, 0.2) is 8.07 Å². The van der Waals surface area contributed by atoms with Crippen LogP contribution in [0.25, 0.3) is 44.2 Å². The second-order valence-electron chi connectivity index (χ2n) is 14.4. The van der Waals surface area contributed by atoms with Crippen molar-refractivity contribution in [3.63, 3.8) is 0 Å². The molecule has 0 aliphatic carbocycles. The van der Waals surface area contributed by atoms with Gasteiger partial charge in [0.25, 0.3) is 0 Å². The predicted molar refractivity (Wildman–Crippen MR) is 236 cm³/mol. The molecular formula is C52H35NSSi. The van der Waals surface area contributed by atoms with Crippen molar-refractivity contribution in [3.05, 3.63) is 212 Å². The molecule has 1 spiro atoms. The first-order chi connectivity index (χ1) is 27.3. The molecule has 0 saturated heterocycles.